The van der Waals surface area contributed by atoms with E-state index in [0.29, 0.717) is 46.9 Å². The highest BCUT2D eigenvalue weighted by molar-refractivity contribution is 7.71. The maximum Gasteiger partial charge on any atom is 0.214 e. The third-order valence-corrected chi connectivity index (χ3v) is 4.54. The minimum absolute atomic E-state index is 0.429. The second-order valence-electron chi connectivity index (χ2n) is 5.93. The third-order valence-electron chi connectivity index (χ3n) is 3.91. The molecule has 28 heavy (non-hydrogen) atoms. The van der Waals surface area contributed by atoms with Gasteiger partial charge in [0, 0.05) is 29.0 Å². The minimum atomic E-state index is 0.429. The van der Waals surface area contributed by atoms with Crippen LogP contribution in [-0.4, -0.2) is 33.1 Å². The Labute approximate surface area is 173 Å². The van der Waals surface area contributed by atoms with Crippen LogP contribution in [0.2, 0.25) is 5.02 Å². The minimum Gasteiger partial charge on any atom is -0.490 e. The third kappa shape index (κ3) is 4.63. The molecular weight excluding hydrogens is 398 g/mol. The van der Waals surface area contributed by atoms with Crippen molar-refractivity contribution >= 4 is 23.8 Å². The van der Waals surface area contributed by atoms with Crippen molar-refractivity contribution in [3.05, 3.63) is 52.0 Å². The topological polar surface area (TPSA) is 77.0 Å². The van der Waals surface area contributed by atoms with E-state index in [-0.39, 0.29) is 0 Å². The fourth-order valence-electron chi connectivity index (χ4n) is 2.61. The van der Waals surface area contributed by atoms with Crippen molar-refractivity contribution in [2.75, 3.05) is 18.6 Å². The van der Waals surface area contributed by atoms with E-state index < -0.39 is 0 Å². The number of benzene rings is 1. The number of aromatic amines is 1. The van der Waals surface area contributed by atoms with Crippen LogP contribution in [0.3, 0.4) is 0 Å². The normalized spacial score (nSPS) is 10.7. The SMILES string of the molecule is CCCOc1cc(Cl)c(CNn2c(-c3ccncc3)n[nH]c2=S)cc1OCC. The van der Waals surface area contributed by atoms with E-state index >= 15 is 0 Å². The van der Waals surface area contributed by atoms with E-state index in [9.17, 15) is 0 Å². The van der Waals surface area contributed by atoms with Crippen LogP contribution in [0.4, 0.5) is 0 Å². The summed E-state index contributed by atoms with van der Waals surface area (Å²) in [5, 5.41) is 7.68. The molecular formula is C19H22ClN5O2S. The lowest BCUT2D eigenvalue weighted by molar-refractivity contribution is 0.276. The molecule has 7 nitrogen and oxygen atoms in total. The number of pyridine rings is 1. The van der Waals surface area contributed by atoms with Gasteiger partial charge in [0.05, 0.1) is 19.8 Å². The lowest BCUT2D eigenvalue weighted by Crippen LogP contribution is -2.16. The molecule has 0 fully saturated rings. The molecule has 2 aromatic heterocycles. The van der Waals surface area contributed by atoms with Crippen LogP contribution in [0.25, 0.3) is 11.4 Å². The Morgan fingerprint density at radius 1 is 1.18 bits per heavy atom. The van der Waals surface area contributed by atoms with E-state index in [1.54, 1.807) is 23.1 Å². The summed E-state index contributed by atoms with van der Waals surface area (Å²) in [6.07, 6.45) is 4.32. The van der Waals surface area contributed by atoms with Gasteiger partial charge in [0.1, 0.15) is 0 Å². The van der Waals surface area contributed by atoms with Crippen LogP contribution in [-0.2, 0) is 6.54 Å². The quantitative estimate of drug-likeness (QED) is 0.494. The summed E-state index contributed by atoms with van der Waals surface area (Å²) in [6.45, 7) is 5.55. The summed E-state index contributed by atoms with van der Waals surface area (Å²) in [6, 6.07) is 7.41. The molecule has 148 valence electrons. The lowest BCUT2D eigenvalue weighted by atomic mass is 10.2. The molecule has 0 amide bonds. The first-order valence-electron chi connectivity index (χ1n) is 9.03. The molecule has 0 bridgehead atoms. The van der Waals surface area contributed by atoms with Crippen molar-refractivity contribution < 1.29 is 9.47 Å². The number of hydrogen-bond donors (Lipinski definition) is 2. The first-order chi connectivity index (χ1) is 13.6. The van der Waals surface area contributed by atoms with Gasteiger partial charge >= 0.3 is 0 Å². The predicted molar refractivity (Wildman–Crippen MR) is 112 cm³/mol. The molecule has 0 saturated carbocycles. The zero-order valence-corrected chi connectivity index (χ0v) is 17.3. The van der Waals surface area contributed by atoms with E-state index in [4.69, 9.17) is 33.3 Å². The molecule has 1 aromatic carbocycles. The Balaban J connectivity index is 1.84. The summed E-state index contributed by atoms with van der Waals surface area (Å²) in [5.41, 5.74) is 5.01. The van der Waals surface area contributed by atoms with Gasteiger partial charge in [-0.2, -0.15) is 5.10 Å². The van der Waals surface area contributed by atoms with E-state index in [0.717, 1.165) is 17.5 Å². The zero-order valence-electron chi connectivity index (χ0n) is 15.7. The fraction of sp³-hybridized carbons (Fsp3) is 0.316. The van der Waals surface area contributed by atoms with E-state index in [1.807, 2.05) is 25.1 Å². The Morgan fingerprint density at radius 3 is 2.64 bits per heavy atom. The van der Waals surface area contributed by atoms with Crippen LogP contribution in [0.1, 0.15) is 25.8 Å². The summed E-state index contributed by atoms with van der Waals surface area (Å²) in [5.74, 6) is 1.98. The molecule has 3 rings (SSSR count). The number of hydrogen-bond acceptors (Lipinski definition) is 6. The molecule has 2 heterocycles. The number of ether oxygens (including phenoxy) is 2. The lowest BCUT2D eigenvalue weighted by Gasteiger charge is -2.16. The summed E-state index contributed by atoms with van der Waals surface area (Å²) < 4.78 is 13.6. The maximum absolute atomic E-state index is 6.47. The monoisotopic (exact) mass is 419 g/mol. The Morgan fingerprint density at radius 2 is 1.93 bits per heavy atom. The van der Waals surface area contributed by atoms with Gasteiger partial charge in [0.25, 0.3) is 0 Å². The van der Waals surface area contributed by atoms with Crippen molar-refractivity contribution in [2.45, 2.75) is 26.8 Å². The van der Waals surface area contributed by atoms with Crippen molar-refractivity contribution in [1.29, 1.82) is 0 Å². The van der Waals surface area contributed by atoms with Crippen molar-refractivity contribution in [3.63, 3.8) is 0 Å². The molecule has 0 aliphatic carbocycles. The molecule has 0 atom stereocenters. The number of nitrogens with zero attached hydrogens (tertiary/aromatic N) is 3. The smallest absolute Gasteiger partial charge is 0.214 e. The summed E-state index contributed by atoms with van der Waals surface area (Å²) >= 11 is 11.8. The molecule has 2 N–H and O–H groups in total. The average Bonchev–Trinajstić information content (AvgIpc) is 3.08. The Bertz CT molecular complexity index is 974. The number of aromatic nitrogens is 4. The molecule has 0 saturated heterocycles. The molecule has 9 heteroatoms. The van der Waals surface area contributed by atoms with Gasteiger partial charge in [-0.15, -0.1) is 0 Å². The van der Waals surface area contributed by atoms with Crippen molar-refractivity contribution in [2.24, 2.45) is 0 Å². The van der Waals surface area contributed by atoms with Crippen LogP contribution < -0.4 is 14.9 Å². The summed E-state index contributed by atoms with van der Waals surface area (Å²) in [7, 11) is 0. The number of H-pyrrole nitrogens is 1. The number of halogens is 1. The molecule has 3 aromatic rings. The van der Waals surface area contributed by atoms with Gasteiger partial charge in [-0.05, 0) is 49.3 Å². The van der Waals surface area contributed by atoms with Crippen molar-refractivity contribution in [3.8, 4) is 22.9 Å². The standard InChI is InChI=1S/C19H22ClN5O2S/c1-3-9-27-17-11-15(20)14(10-16(17)26-4-2)12-22-25-18(23-24-19(25)28)13-5-7-21-8-6-13/h5-8,10-11,22H,3-4,9,12H2,1-2H3,(H,24,28). The molecule has 0 aliphatic heterocycles. The highest BCUT2D eigenvalue weighted by atomic mass is 35.5. The average molecular weight is 420 g/mol. The predicted octanol–water partition coefficient (Wildman–Crippen LogP) is 4.59. The fourth-order valence-corrected chi connectivity index (χ4v) is 3.03. The van der Waals surface area contributed by atoms with E-state index in [2.05, 4.69) is 27.5 Å². The van der Waals surface area contributed by atoms with Crippen LogP contribution >= 0.6 is 23.8 Å². The van der Waals surface area contributed by atoms with Crippen molar-refractivity contribution in [1.82, 2.24) is 19.9 Å². The Hall–Kier alpha value is -2.58. The van der Waals surface area contributed by atoms with Gasteiger partial charge in [-0.1, -0.05) is 18.5 Å². The molecule has 0 unspecified atom stereocenters. The van der Waals surface area contributed by atoms with Gasteiger partial charge in [0.2, 0.25) is 4.77 Å². The Kier molecular flexibility index (Phi) is 6.89. The van der Waals surface area contributed by atoms with Gasteiger partial charge in [0.15, 0.2) is 17.3 Å². The van der Waals surface area contributed by atoms with Crippen LogP contribution in [0, 0.1) is 4.77 Å². The molecule has 0 aliphatic rings. The first kappa shape index (κ1) is 20.2. The van der Waals surface area contributed by atoms with Gasteiger partial charge in [-0.3, -0.25) is 4.98 Å². The van der Waals surface area contributed by atoms with E-state index in [1.165, 1.54) is 0 Å². The van der Waals surface area contributed by atoms with Crippen LogP contribution in [0.15, 0.2) is 36.7 Å². The number of nitrogens with one attached hydrogen (secondary N) is 2. The maximum atomic E-state index is 6.47. The van der Waals surface area contributed by atoms with Gasteiger partial charge < -0.3 is 14.9 Å². The summed E-state index contributed by atoms with van der Waals surface area (Å²) in [4.78, 5) is 4.03. The van der Waals surface area contributed by atoms with Crippen LogP contribution in [0.5, 0.6) is 11.5 Å². The number of rotatable bonds is 9. The zero-order chi connectivity index (χ0) is 19.9. The highest BCUT2D eigenvalue weighted by Gasteiger charge is 2.13. The first-order valence-corrected chi connectivity index (χ1v) is 9.82. The highest BCUT2D eigenvalue weighted by Crippen LogP contribution is 2.34. The second-order valence-corrected chi connectivity index (χ2v) is 6.72. The molecule has 0 radical (unpaired) electrons. The largest absolute Gasteiger partial charge is 0.490 e. The van der Waals surface area contributed by atoms with Gasteiger partial charge in [-0.25, -0.2) is 9.77 Å². The second kappa shape index (κ2) is 9.57. The molecule has 0 spiro atoms.